The SMILES string of the molecule is COc1ccc2nc(N)n(-c3c(C)cccc3F)c2n1. The summed E-state index contributed by atoms with van der Waals surface area (Å²) in [5.41, 5.74) is 8.08. The molecule has 3 rings (SSSR count). The summed E-state index contributed by atoms with van der Waals surface area (Å²) in [4.78, 5) is 8.51. The minimum absolute atomic E-state index is 0.189. The smallest absolute Gasteiger partial charge is 0.215 e. The van der Waals surface area contributed by atoms with E-state index in [1.165, 1.54) is 17.7 Å². The number of nitrogens with zero attached hydrogens (tertiary/aromatic N) is 3. The van der Waals surface area contributed by atoms with E-state index in [0.29, 0.717) is 22.7 Å². The number of halogens is 1. The van der Waals surface area contributed by atoms with Crippen LogP contribution in [0.25, 0.3) is 16.9 Å². The fraction of sp³-hybridized carbons (Fsp3) is 0.143. The predicted molar refractivity (Wildman–Crippen MR) is 74.5 cm³/mol. The van der Waals surface area contributed by atoms with Crippen LogP contribution in [0.1, 0.15) is 5.56 Å². The third-order valence-corrected chi connectivity index (χ3v) is 3.13. The first-order valence-corrected chi connectivity index (χ1v) is 6.06. The molecule has 6 heteroatoms. The first-order chi connectivity index (χ1) is 9.61. The Labute approximate surface area is 114 Å². The van der Waals surface area contributed by atoms with Gasteiger partial charge in [0.15, 0.2) is 5.65 Å². The van der Waals surface area contributed by atoms with E-state index >= 15 is 0 Å². The summed E-state index contributed by atoms with van der Waals surface area (Å²) >= 11 is 0. The Kier molecular flexibility index (Phi) is 2.78. The molecule has 0 fully saturated rings. The number of aromatic nitrogens is 3. The lowest BCUT2D eigenvalue weighted by molar-refractivity contribution is 0.399. The highest BCUT2D eigenvalue weighted by molar-refractivity contribution is 5.78. The monoisotopic (exact) mass is 272 g/mol. The van der Waals surface area contributed by atoms with Gasteiger partial charge >= 0.3 is 0 Å². The number of para-hydroxylation sites is 1. The number of imidazole rings is 1. The van der Waals surface area contributed by atoms with Crippen LogP contribution in [0.15, 0.2) is 30.3 Å². The summed E-state index contributed by atoms with van der Waals surface area (Å²) in [6.45, 7) is 1.81. The molecule has 5 nitrogen and oxygen atoms in total. The molecule has 2 heterocycles. The number of nitrogens with two attached hydrogens (primary N) is 1. The van der Waals surface area contributed by atoms with Gasteiger partial charge in [-0.15, -0.1) is 0 Å². The molecular formula is C14H13FN4O. The number of methoxy groups -OCH3 is 1. The van der Waals surface area contributed by atoms with Gasteiger partial charge in [0.2, 0.25) is 11.8 Å². The van der Waals surface area contributed by atoms with Crippen LogP contribution in [-0.4, -0.2) is 21.6 Å². The van der Waals surface area contributed by atoms with E-state index in [1.54, 1.807) is 18.2 Å². The Morgan fingerprint density at radius 3 is 2.70 bits per heavy atom. The maximum Gasteiger partial charge on any atom is 0.215 e. The van der Waals surface area contributed by atoms with Crippen LogP contribution in [0, 0.1) is 12.7 Å². The highest BCUT2D eigenvalue weighted by Crippen LogP contribution is 2.27. The maximum atomic E-state index is 14.1. The first-order valence-electron chi connectivity index (χ1n) is 6.06. The molecule has 0 aliphatic rings. The van der Waals surface area contributed by atoms with Crippen LogP contribution in [0.3, 0.4) is 0 Å². The van der Waals surface area contributed by atoms with Gasteiger partial charge in [-0.25, -0.2) is 9.37 Å². The Morgan fingerprint density at radius 2 is 2.00 bits per heavy atom. The van der Waals surface area contributed by atoms with Crippen LogP contribution in [0.2, 0.25) is 0 Å². The van der Waals surface area contributed by atoms with E-state index < -0.39 is 0 Å². The normalized spacial score (nSPS) is 10.9. The average Bonchev–Trinajstić information content (AvgIpc) is 2.74. The molecule has 0 aliphatic heterocycles. The summed E-state index contributed by atoms with van der Waals surface area (Å²) in [5.74, 6) is 0.238. The van der Waals surface area contributed by atoms with Crippen molar-refractivity contribution < 1.29 is 9.13 Å². The van der Waals surface area contributed by atoms with Crippen molar-refractivity contribution >= 4 is 17.1 Å². The molecular weight excluding hydrogens is 259 g/mol. The zero-order chi connectivity index (χ0) is 14.3. The van der Waals surface area contributed by atoms with Crippen LogP contribution >= 0.6 is 0 Å². The maximum absolute atomic E-state index is 14.1. The van der Waals surface area contributed by atoms with Crippen molar-refractivity contribution in [2.24, 2.45) is 0 Å². The predicted octanol–water partition coefficient (Wildman–Crippen LogP) is 2.46. The largest absolute Gasteiger partial charge is 0.481 e. The summed E-state index contributed by atoms with van der Waals surface area (Å²) in [5, 5.41) is 0. The number of nitrogen functional groups attached to an aromatic ring is 1. The van der Waals surface area contributed by atoms with E-state index in [-0.39, 0.29) is 11.8 Å². The Balaban J connectivity index is 2.38. The molecule has 0 aliphatic carbocycles. The number of ether oxygens (including phenoxy) is 1. The third-order valence-electron chi connectivity index (χ3n) is 3.13. The number of fused-ring (bicyclic) bond motifs is 1. The summed E-state index contributed by atoms with van der Waals surface area (Å²) in [7, 11) is 1.52. The van der Waals surface area contributed by atoms with E-state index in [2.05, 4.69) is 9.97 Å². The second-order valence-corrected chi connectivity index (χ2v) is 4.41. The number of hydrogen-bond acceptors (Lipinski definition) is 4. The average molecular weight is 272 g/mol. The van der Waals surface area contributed by atoms with Gasteiger partial charge in [-0.05, 0) is 24.6 Å². The second kappa shape index (κ2) is 4.48. The Bertz CT molecular complexity index is 777. The molecule has 0 unspecified atom stereocenters. The fourth-order valence-corrected chi connectivity index (χ4v) is 2.20. The first kappa shape index (κ1) is 12.4. The third kappa shape index (κ3) is 1.77. The fourth-order valence-electron chi connectivity index (χ4n) is 2.20. The topological polar surface area (TPSA) is 66.0 Å². The molecule has 102 valence electrons. The summed E-state index contributed by atoms with van der Waals surface area (Å²) in [6, 6.07) is 8.27. The van der Waals surface area contributed by atoms with Crippen molar-refractivity contribution in [2.75, 3.05) is 12.8 Å². The molecule has 0 spiro atoms. The molecule has 1 aromatic carbocycles. The van der Waals surface area contributed by atoms with Crippen molar-refractivity contribution in [2.45, 2.75) is 6.92 Å². The number of hydrogen-bond donors (Lipinski definition) is 1. The van der Waals surface area contributed by atoms with Gasteiger partial charge in [-0.2, -0.15) is 4.98 Å². The van der Waals surface area contributed by atoms with Crippen molar-refractivity contribution in [1.82, 2.24) is 14.5 Å². The minimum Gasteiger partial charge on any atom is -0.481 e. The van der Waals surface area contributed by atoms with E-state index in [1.807, 2.05) is 13.0 Å². The van der Waals surface area contributed by atoms with Crippen molar-refractivity contribution in [3.05, 3.63) is 41.7 Å². The molecule has 0 atom stereocenters. The van der Waals surface area contributed by atoms with E-state index in [9.17, 15) is 4.39 Å². The highest BCUT2D eigenvalue weighted by atomic mass is 19.1. The van der Waals surface area contributed by atoms with Crippen molar-refractivity contribution in [1.29, 1.82) is 0 Å². The van der Waals surface area contributed by atoms with Crippen molar-refractivity contribution in [3.63, 3.8) is 0 Å². The van der Waals surface area contributed by atoms with Gasteiger partial charge < -0.3 is 10.5 Å². The lowest BCUT2D eigenvalue weighted by Gasteiger charge is -2.10. The molecule has 20 heavy (non-hydrogen) atoms. The highest BCUT2D eigenvalue weighted by Gasteiger charge is 2.17. The van der Waals surface area contributed by atoms with Gasteiger partial charge in [-0.1, -0.05) is 12.1 Å². The minimum atomic E-state index is -0.374. The number of anilines is 1. The molecule has 0 radical (unpaired) electrons. The van der Waals surface area contributed by atoms with Gasteiger partial charge in [0.05, 0.1) is 12.8 Å². The lowest BCUT2D eigenvalue weighted by Crippen LogP contribution is -2.06. The standard InChI is InChI=1S/C14H13FN4O/c1-8-4-3-5-9(15)12(8)19-13-10(17-14(19)16)6-7-11(18-13)20-2/h3-7H,1-2H3,(H2,16,17). The quantitative estimate of drug-likeness (QED) is 0.778. The zero-order valence-corrected chi connectivity index (χ0v) is 11.1. The van der Waals surface area contributed by atoms with E-state index in [4.69, 9.17) is 10.5 Å². The van der Waals surface area contributed by atoms with Crippen LogP contribution < -0.4 is 10.5 Å². The van der Waals surface area contributed by atoms with Gasteiger partial charge in [0.1, 0.15) is 11.3 Å². The van der Waals surface area contributed by atoms with E-state index in [0.717, 1.165) is 5.56 Å². The number of benzene rings is 1. The van der Waals surface area contributed by atoms with Crippen molar-refractivity contribution in [3.8, 4) is 11.6 Å². The molecule has 2 N–H and O–H groups in total. The number of rotatable bonds is 2. The van der Waals surface area contributed by atoms with Gasteiger partial charge in [-0.3, -0.25) is 4.57 Å². The van der Waals surface area contributed by atoms with Gasteiger partial charge in [0.25, 0.3) is 0 Å². The molecule has 0 saturated carbocycles. The summed E-state index contributed by atoms with van der Waals surface area (Å²) in [6.07, 6.45) is 0. The van der Waals surface area contributed by atoms with Crippen LogP contribution in [0.5, 0.6) is 5.88 Å². The lowest BCUT2D eigenvalue weighted by atomic mass is 10.2. The van der Waals surface area contributed by atoms with Crippen LogP contribution in [0.4, 0.5) is 10.3 Å². The molecule has 2 aromatic heterocycles. The molecule has 0 saturated heterocycles. The Morgan fingerprint density at radius 1 is 1.20 bits per heavy atom. The van der Waals surface area contributed by atoms with Crippen LogP contribution in [-0.2, 0) is 0 Å². The van der Waals surface area contributed by atoms with Gasteiger partial charge in [0, 0.05) is 6.07 Å². The number of aryl methyl sites for hydroxylation is 1. The Hall–Kier alpha value is -2.63. The number of pyridine rings is 1. The molecule has 0 bridgehead atoms. The zero-order valence-electron chi connectivity index (χ0n) is 11.1. The summed E-state index contributed by atoms with van der Waals surface area (Å²) < 4.78 is 20.7. The molecule has 0 amide bonds. The molecule has 3 aromatic rings. The second-order valence-electron chi connectivity index (χ2n) is 4.41.